The minimum Gasteiger partial charge on any atom is -0.318 e. The molecular formula is C13H15N3OS. The van der Waals surface area contributed by atoms with Gasteiger partial charge in [0.25, 0.3) is 0 Å². The average molecular weight is 261 g/mol. The molecule has 0 saturated heterocycles. The molecule has 0 bridgehead atoms. The van der Waals surface area contributed by atoms with Crippen molar-refractivity contribution in [3.05, 3.63) is 41.5 Å². The number of hydrogen-bond acceptors (Lipinski definition) is 4. The lowest BCUT2D eigenvalue weighted by Gasteiger charge is -2.03. The number of Topliss-reactive ketones (excluding diaryl/α,β-unsaturated/α-hetero) is 1. The molecule has 0 aliphatic rings. The third kappa shape index (κ3) is 2.79. The quantitative estimate of drug-likeness (QED) is 0.627. The fourth-order valence-electron chi connectivity index (χ4n) is 1.51. The maximum Gasteiger partial charge on any atom is 0.159 e. The van der Waals surface area contributed by atoms with Crippen LogP contribution < -0.4 is 0 Å². The summed E-state index contributed by atoms with van der Waals surface area (Å²) >= 11 is 1.69. The van der Waals surface area contributed by atoms with Gasteiger partial charge in [0.1, 0.15) is 11.6 Å². The van der Waals surface area contributed by atoms with Crippen LogP contribution in [-0.2, 0) is 12.8 Å². The van der Waals surface area contributed by atoms with Gasteiger partial charge in [0, 0.05) is 17.5 Å². The van der Waals surface area contributed by atoms with Crippen molar-refractivity contribution in [3.8, 4) is 0 Å². The largest absolute Gasteiger partial charge is 0.318 e. The molecule has 18 heavy (non-hydrogen) atoms. The zero-order valence-corrected chi connectivity index (χ0v) is 11.5. The van der Waals surface area contributed by atoms with Crippen molar-refractivity contribution in [2.75, 3.05) is 0 Å². The van der Waals surface area contributed by atoms with E-state index in [9.17, 15) is 4.79 Å². The summed E-state index contributed by atoms with van der Waals surface area (Å²) in [6, 6.07) is 7.63. The first kappa shape index (κ1) is 12.8. The molecule has 4 nitrogen and oxygen atoms in total. The van der Waals surface area contributed by atoms with E-state index in [-0.39, 0.29) is 5.78 Å². The fourth-order valence-corrected chi connectivity index (χ4v) is 2.39. The zero-order chi connectivity index (χ0) is 13.1. The third-order valence-electron chi connectivity index (χ3n) is 2.81. The van der Waals surface area contributed by atoms with E-state index in [1.807, 2.05) is 42.8 Å². The lowest BCUT2D eigenvalue weighted by atomic mass is 10.2. The highest BCUT2D eigenvalue weighted by Gasteiger charge is 2.05. The monoisotopic (exact) mass is 261 g/mol. The maximum atomic E-state index is 11.2. The first-order valence-corrected chi connectivity index (χ1v) is 6.65. The Morgan fingerprint density at radius 2 is 1.94 bits per heavy atom. The van der Waals surface area contributed by atoms with Crippen LogP contribution in [0.5, 0.6) is 0 Å². The van der Waals surface area contributed by atoms with Gasteiger partial charge in [-0.15, -0.1) is 22.0 Å². The summed E-state index contributed by atoms with van der Waals surface area (Å²) in [5.74, 6) is 2.73. The van der Waals surface area contributed by atoms with E-state index in [1.165, 1.54) is 0 Å². The molecule has 0 amide bonds. The van der Waals surface area contributed by atoms with Crippen LogP contribution in [0, 0.1) is 6.92 Å². The molecule has 2 aromatic rings. The van der Waals surface area contributed by atoms with Crippen LogP contribution in [0.2, 0.25) is 0 Å². The van der Waals surface area contributed by atoms with Gasteiger partial charge in [-0.2, -0.15) is 0 Å². The van der Waals surface area contributed by atoms with Crippen molar-refractivity contribution in [1.82, 2.24) is 14.8 Å². The Kier molecular flexibility index (Phi) is 3.81. The van der Waals surface area contributed by atoms with Crippen LogP contribution in [-0.4, -0.2) is 20.5 Å². The summed E-state index contributed by atoms with van der Waals surface area (Å²) in [6.07, 6.45) is 0. The molecule has 0 saturated carbocycles. The highest BCUT2D eigenvalue weighted by molar-refractivity contribution is 7.98. The number of hydrogen-bond donors (Lipinski definition) is 0. The molecule has 0 aliphatic heterocycles. The van der Waals surface area contributed by atoms with E-state index in [0.717, 1.165) is 27.9 Å². The van der Waals surface area contributed by atoms with Crippen LogP contribution in [0.1, 0.15) is 28.9 Å². The Bertz CT molecular complexity index is 560. The van der Waals surface area contributed by atoms with Crippen molar-refractivity contribution < 1.29 is 4.79 Å². The smallest absolute Gasteiger partial charge is 0.159 e. The molecule has 0 fully saturated rings. The van der Waals surface area contributed by atoms with Crippen molar-refractivity contribution in [3.63, 3.8) is 0 Å². The second kappa shape index (κ2) is 5.35. The summed E-state index contributed by atoms with van der Waals surface area (Å²) in [4.78, 5) is 12.3. The topological polar surface area (TPSA) is 47.8 Å². The Morgan fingerprint density at radius 3 is 2.44 bits per heavy atom. The van der Waals surface area contributed by atoms with Gasteiger partial charge in [-0.05, 0) is 26.0 Å². The van der Waals surface area contributed by atoms with Crippen LogP contribution in [0.4, 0.5) is 0 Å². The highest BCUT2D eigenvalue weighted by Crippen LogP contribution is 2.22. The van der Waals surface area contributed by atoms with Gasteiger partial charge >= 0.3 is 0 Å². The van der Waals surface area contributed by atoms with Gasteiger partial charge in [0.05, 0.1) is 5.75 Å². The first-order valence-electron chi connectivity index (χ1n) is 5.66. The van der Waals surface area contributed by atoms with Gasteiger partial charge in [0.15, 0.2) is 5.78 Å². The summed E-state index contributed by atoms with van der Waals surface area (Å²) < 4.78 is 1.98. The Balaban J connectivity index is 2.02. The Labute approximate surface area is 110 Å². The second-order valence-electron chi connectivity index (χ2n) is 4.09. The van der Waals surface area contributed by atoms with Crippen LogP contribution in [0.25, 0.3) is 0 Å². The van der Waals surface area contributed by atoms with Gasteiger partial charge < -0.3 is 4.57 Å². The second-order valence-corrected chi connectivity index (χ2v) is 5.14. The van der Waals surface area contributed by atoms with E-state index in [0.29, 0.717) is 0 Å². The Hall–Kier alpha value is -1.62. The number of rotatable bonds is 4. The molecule has 94 valence electrons. The standard InChI is InChI=1S/C13H15N3OS/c1-9(17)11-4-6-12(7-5-11)18-8-13-15-14-10(2)16(13)3/h4-7H,8H2,1-3H3. The minimum atomic E-state index is 0.0930. The SMILES string of the molecule is CC(=O)c1ccc(SCc2nnc(C)n2C)cc1. The Morgan fingerprint density at radius 1 is 1.28 bits per heavy atom. The van der Waals surface area contributed by atoms with Gasteiger partial charge in [-0.25, -0.2) is 0 Å². The normalized spacial score (nSPS) is 10.6. The number of benzene rings is 1. The molecule has 0 radical (unpaired) electrons. The molecular weight excluding hydrogens is 246 g/mol. The number of ketones is 1. The van der Waals surface area contributed by atoms with Crippen molar-refractivity contribution >= 4 is 17.5 Å². The van der Waals surface area contributed by atoms with Crippen LogP contribution in [0.3, 0.4) is 0 Å². The predicted octanol–water partition coefficient (Wildman–Crippen LogP) is 2.62. The summed E-state index contributed by atoms with van der Waals surface area (Å²) in [6.45, 7) is 3.51. The lowest BCUT2D eigenvalue weighted by Crippen LogP contribution is -1.97. The number of nitrogens with zero attached hydrogens (tertiary/aromatic N) is 3. The third-order valence-corrected chi connectivity index (χ3v) is 3.82. The van der Waals surface area contributed by atoms with E-state index in [1.54, 1.807) is 18.7 Å². The summed E-state index contributed by atoms with van der Waals surface area (Å²) in [5, 5.41) is 8.13. The van der Waals surface area contributed by atoms with Crippen LogP contribution >= 0.6 is 11.8 Å². The molecule has 0 atom stereocenters. The van der Waals surface area contributed by atoms with E-state index < -0.39 is 0 Å². The summed E-state index contributed by atoms with van der Waals surface area (Å²) in [7, 11) is 1.96. The van der Waals surface area contributed by atoms with Gasteiger partial charge in [-0.3, -0.25) is 4.79 Å². The zero-order valence-electron chi connectivity index (χ0n) is 10.7. The predicted molar refractivity (Wildman–Crippen MR) is 71.7 cm³/mol. The van der Waals surface area contributed by atoms with Crippen molar-refractivity contribution in [1.29, 1.82) is 0 Å². The molecule has 0 unspecified atom stereocenters. The molecule has 0 N–H and O–H groups in total. The minimum absolute atomic E-state index is 0.0930. The number of carbonyl (C=O) groups is 1. The first-order chi connectivity index (χ1) is 8.58. The van der Waals surface area contributed by atoms with E-state index in [2.05, 4.69) is 10.2 Å². The van der Waals surface area contributed by atoms with Gasteiger partial charge in [0.2, 0.25) is 0 Å². The maximum absolute atomic E-state index is 11.2. The molecule has 5 heteroatoms. The lowest BCUT2D eigenvalue weighted by molar-refractivity contribution is 0.101. The van der Waals surface area contributed by atoms with Crippen molar-refractivity contribution in [2.24, 2.45) is 7.05 Å². The van der Waals surface area contributed by atoms with Crippen molar-refractivity contribution in [2.45, 2.75) is 24.5 Å². The molecule has 2 rings (SSSR count). The number of thioether (sulfide) groups is 1. The number of carbonyl (C=O) groups excluding carboxylic acids is 1. The molecule has 1 aromatic carbocycles. The number of aryl methyl sites for hydroxylation is 1. The van der Waals surface area contributed by atoms with E-state index in [4.69, 9.17) is 0 Å². The molecule has 1 aromatic heterocycles. The van der Waals surface area contributed by atoms with Gasteiger partial charge in [-0.1, -0.05) is 12.1 Å². The molecule has 1 heterocycles. The highest BCUT2D eigenvalue weighted by atomic mass is 32.2. The molecule has 0 spiro atoms. The molecule has 0 aliphatic carbocycles. The van der Waals surface area contributed by atoms with E-state index >= 15 is 0 Å². The summed E-state index contributed by atoms with van der Waals surface area (Å²) in [5.41, 5.74) is 0.744. The fraction of sp³-hybridized carbons (Fsp3) is 0.308. The number of aromatic nitrogens is 3. The van der Waals surface area contributed by atoms with Crippen LogP contribution in [0.15, 0.2) is 29.2 Å². The average Bonchev–Trinajstić information content (AvgIpc) is 2.68.